The fourth-order valence-electron chi connectivity index (χ4n) is 3.26. The predicted octanol–water partition coefficient (Wildman–Crippen LogP) is 3.98. The molecule has 0 saturated carbocycles. The summed E-state index contributed by atoms with van der Waals surface area (Å²) in [5.74, 6) is 0.978. The van der Waals surface area contributed by atoms with Crippen LogP contribution in [0, 0.1) is 0 Å². The van der Waals surface area contributed by atoms with Gasteiger partial charge in [-0.15, -0.1) is 0 Å². The van der Waals surface area contributed by atoms with Crippen molar-refractivity contribution in [2.45, 2.75) is 19.3 Å². The van der Waals surface area contributed by atoms with Crippen LogP contribution >= 0.6 is 15.9 Å². The van der Waals surface area contributed by atoms with Gasteiger partial charge in [0, 0.05) is 42.6 Å². The van der Waals surface area contributed by atoms with E-state index in [1.54, 1.807) is 0 Å². The molecule has 0 aromatic heterocycles. The highest BCUT2D eigenvalue weighted by Crippen LogP contribution is 2.15. The first-order valence-electron chi connectivity index (χ1n) is 9.64. The molecule has 0 spiro atoms. The van der Waals surface area contributed by atoms with Crippen LogP contribution in [0.5, 0.6) is 5.75 Å². The molecule has 6 heteroatoms. The Morgan fingerprint density at radius 2 is 1.68 bits per heavy atom. The zero-order valence-corrected chi connectivity index (χ0v) is 17.4. The van der Waals surface area contributed by atoms with Crippen LogP contribution in [0.4, 0.5) is 0 Å². The molecular formula is C22H25BrN2O3. The van der Waals surface area contributed by atoms with E-state index in [9.17, 15) is 9.59 Å². The minimum absolute atomic E-state index is 0.0202. The Balaban J connectivity index is 1.44. The van der Waals surface area contributed by atoms with E-state index in [2.05, 4.69) is 15.9 Å². The van der Waals surface area contributed by atoms with E-state index in [-0.39, 0.29) is 11.8 Å². The van der Waals surface area contributed by atoms with Crippen molar-refractivity contribution in [3.63, 3.8) is 0 Å². The normalized spacial score (nSPS) is 14.5. The van der Waals surface area contributed by atoms with E-state index < -0.39 is 0 Å². The summed E-state index contributed by atoms with van der Waals surface area (Å²) in [5, 5.41) is 0. The Bertz CT molecular complexity index is 797. The quantitative estimate of drug-likeness (QED) is 0.632. The number of carbonyl (C=O) groups is 2. The molecule has 148 valence electrons. The van der Waals surface area contributed by atoms with Gasteiger partial charge in [-0.2, -0.15) is 0 Å². The smallest absolute Gasteiger partial charge is 0.253 e. The topological polar surface area (TPSA) is 49.9 Å². The standard InChI is InChI=1S/C22H25BrN2O3/c23-19-8-4-7-18(17-19)22(27)25-13-6-12-24(14-15-25)21(26)11-5-16-28-20-9-2-1-3-10-20/h1-4,7-10,17H,5-6,11-16H2. The molecule has 0 bridgehead atoms. The molecule has 2 aromatic carbocycles. The lowest BCUT2D eigenvalue weighted by molar-refractivity contribution is -0.131. The minimum atomic E-state index is 0.0202. The molecule has 0 radical (unpaired) electrons. The van der Waals surface area contributed by atoms with Gasteiger partial charge in [-0.3, -0.25) is 9.59 Å². The molecule has 0 unspecified atom stereocenters. The molecule has 0 aliphatic carbocycles. The van der Waals surface area contributed by atoms with Crippen LogP contribution in [-0.4, -0.2) is 54.4 Å². The SMILES string of the molecule is O=C(CCCOc1ccccc1)N1CCCN(C(=O)c2cccc(Br)c2)CC1. The molecule has 1 saturated heterocycles. The van der Waals surface area contributed by atoms with Crippen molar-refractivity contribution in [3.8, 4) is 5.75 Å². The maximum atomic E-state index is 12.7. The number of amides is 2. The lowest BCUT2D eigenvalue weighted by Crippen LogP contribution is -2.37. The monoisotopic (exact) mass is 444 g/mol. The van der Waals surface area contributed by atoms with Gasteiger partial charge in [-0.1, -0.05) is 40.2 Å². The third-order valence-electron chi connectivity index (χ3n) is 4.75. The van der Waals surface area contributed by atoms with Crippen LogP contribution in [-0.2, 0) is 4.79 Å². The fourth-order valence-corrected chi connectivity index (χ4v) is 3.66. The van der Waals surface area contributed by atoms with Crippen molar-refractivity contribution in [2.75, 3.05) is 32.8 Å². The van der Waals surface area contributed by atoms with E-state index in [4.69, 9.17) is 4.74 Å². The van der Waals surface area contributed by atoms with E-state index in [0.29, 0.717) is 51.2 Å². The van der Waals surface area contributed by atoms with Gasteiger partial charge in [0.1, 0.15) is 5.75 Å². The van der Waals surface area contributed by atoms with Crippen LogP contribution < -0.4 is 4.74 Å². The van der Waals surface area contributed by atoms with Crippen molar-refractivity contribution in [2.24, 2.45) is 0 Å². The molecule has 1 heterocycles. The third kappa shape index (κ3) is 5.83. The molecule has 1 aliphatic heterocycles. The Labute approximate surface area is 174 Å². The first-order valence-corrected chi connectivity index (χ1v) is 10.4. The summed E-state index contributed by atoms with van der Waals surface area (Å²) < 4.78 is 6.54. The molecule has 0 atom stereocenters. The van der Waals surface area contributed by atoms with E-state index >= 15 is 0 Å². The Morgan fingerprint density at radius 3 is 2.46 bits per heavy atom. The molecule has 3 rings (SSSR count). The van der Waals surface area contributed by atoms with Gasteiger partial charge < -0.3 is 14.5 Å². The van der Waals surface area contributed by atoms with Gasteiger partial charge in [-0.25, -0.2) is 0 Å². The molecule has 1 aliphatic rings. The van der Waals surface area contributed by atoms with Crippen LogP contribution in [0.1, 0.15) is 29.6 Å². The summed E-state index contributed by atoms with van der Waals surface area (Å²) in [5.41, 5.74) is 0.673. The summed E-state index contributed by atoms with van der Waals surface area (Å²) in [7, 11) is 0. The Hall–Kier alpha value is -2.34. The number of rotatable bonds is 6. The second kappa shape index (κ2) is 10.3. The first kappa shape index (κ1) is 20.4. The number of hydrogen-bond acceptors (Lipinski definition) is 3. The fraction of sp³-hybridized carbons (Fsp3) is 0.364. The predicted molar refractivity (Wildman–Crippen MR) is 112 cm³/mol. The molecule has 2 aromatic rings. The molecule has 28 heavy (non-hydrogen) atoms. The Kier molecular flexibility index (Phi) is 7.48. The third-order valence-corrected chi connectivity index (χ3v) is 5.25. The number of para-hydroxylation sites is 1. The maximum Gasteiger partial charge on any atom is 0.253 e. The highest BCUT2D eigenvalue weighted by Gasteiger charge is 2.22. The summed E-state index contributed by atoms with van der Waals surface area (Å²) in [6.45, 7) is 3.04. The zero-order chi connectivity index (χ0) is 19.8. The summed E-state index contributed by atoms with van der Waals surface area (Å²) in [6.07, 6.45) is 1.95. The molecule has 5 nitrogen and oxygen atoms in total. The minimum Gasteiger partial charge on any atom is -0.494 e. The van der Waals surface area contributed by atoms with Crippen LogP contribution in [0.3, 0.4) is 0 Å². The van der Waals surface area contributed by atoms with Crippen molar-refractivity contribution < 1.29 is 14.3 Å². The van der Waals surface area contributed by atoms with Gasteiger partial charge in [-0.05, 0) is 43.2 Å². The van der Waals surface area contributed by atoms with Crippen LogP contribution in [0.25, 0.3) is 0 Å². The maximum absolute atomic E-state index is 12.7. The second-order valence-electron chi connectivity index (χ2n) is 6.80. The highest BCUT2D eigenvalue weighted by molar-refractivity contribution is 9.10. The van der Waals surface area contributed by atoms with Crippen molar-refractivity contribution in [1.82, 2.24) is 9.80 Å². The van der Waals surface area contributed by atoms with Gasteiger partial charge in [0.2, 0.25) is 5.91 Å². The summed E-state index contributed by atoms with van der Waals surface area (Å²) in [4.78, 5) is 28.9. The highest BCUT2D eigenvalue weighted by atomic mass is 79.9. The summed E-state index contributed by atoms with van der Waals surface area (Å²) >= 11 is 3.41. The second-order valence-corrected chi connectivity index (χ2v) is 7.72. The largest absolute Gasteiger partial charge is 0.494 e. The average Bonchev–Trinajstić information content (AvgIpc) is 2.98. The van der Waals surface area contributed by atoms with Gasteiger partial charge in [0.25, 0.3) is 5.91 Å². The van der Waals surface area contributed by atoms with Crippen LogP contribution in [0.15, 0.2) is 59.1 Å². The number of hydrogen-bond donors (Lipinski definition) is 0. The number of halogens is 1. The average molecular weight is 445 g/mol. The van der Waals surface area contributed by atoms with E-state index in [1.807, 2.05) is 64.4 Å². The van der Waals surface area contributed by atoms with Crippen LogP contribution in [0.2, 0.25) is 0 Å². The van der Waals surface area contributed by atoms with Gasteiger partial charge in [0.05, 0.1) is 6.61 Å². The lowest BCUT2D eigenvalue weighted by Gasteiger charge is -2.22. The first-order chi connectivity index (χ1) is 13.6. The van der Waals surface area contributed by atoms with Crippen molar-refractivity contribution in [1.29, 1.82) is 0 Å². The molecule has 1 fully saturated rings. The Morgan fingerprint density at radius 1 is 0.929 bits per heavy atom. The molecular weight excluding hydrogens is 420 g/mol. The number of ether oxygens (including phenoxy) is 1. The van der Waals surface area contributed by atoms with Gasteiger partial charge in [0.15, 0.2) is 0 Å². The lowest BCUT2D eigenvalue weighted by atomic mass is 10.2. The number of carbonyl (C=O) groups excluding carboxylic acids is 2. The number of nitrogens with zero attached hydrogens (tertiary/aromatic N) is 2. The zero-order valence-electron chi connectivity index (χ0n) is 15.9. The van der Waals surface area contributed by atoms with E-state index in [0.717, 1.165) is 16.6 Å². The number of benzene rings is 2. The summed E-state index contributed by atoms with van der Waals surface area (Å²) in [6, 6.07) is 17.1. The van der Waals surface area contributed by atoms with E-state index in [1.165, 1.54) is 0 Å². The van der Waals surface area contributed by atoms with Crippen molar-refractivity contribution in [3.05, 3.63) is 64.6 Å². The molecule has 2 amide bonds. The van der Waals surface area contributed by atoms with Crippen molar-refractivity contribution >= 4 is 27.7 Å². The van der Waals surface area contributed by atoms with Gasteiger partial charge >= 0.3 is 0 Å². The molecule has 0 N–H and O–H groups in total.